The number of amides is 1. The number of nitrogens with zero attached hydrogens (tertiary/aromatic N) is 2. The molecule has 9 heteroatoms. The van der Waals surface area contributed by atoms with Gasteiger partial charge in [-0.1, -0.05) is 34.6 Å². The molecule has 0 aromatic carbocycles. The molecule has 0 aromatic heterocycles. The number of likely N-dealkylation sites (N-methyl/N-ethyl adjacent to an activating group) is 1. The quantitative estimate of drug-likeness (QED) is 0.334. The zero-order valence-electron chi connectivity index (χ0n) is 33.3. The summed E-state index contributed by atoms with van der Waals surface area (Å²) in [5.41, 5.74) is -0.651. The number of carbonyl (C=O) groups excluding carboxylic acids is 1. The summed E-state index contributed by atoms with van der Waals surface area (Å²) >= 11 is 0. The van der Waals surface area contributed by atoms with Crippen LogP contribution in [0.3, 0.4) is 0 Å². The van der Waals surface area contributed by atoms with Crippen LogP contribution in [0.5, 0.6) is 0 Å². The van der Waals surface area contributed by atoms with Gasteiger partial charge in [0.15, 0.2) is 6.29 Å². The molecule has 8 rings (SSSR count). The summed E-state index contributed by atoms with van der Waals surface area (Å²) in [6.07, 6.45) is 8.41. The highest BCUT2D eigenvalue weighted by Gasteiger charge is 2.84. The Balaban J connectivity index is 0.998. The van der Waals surface area contributed by atoms with Crippen LogP contribution in [0.1, 0.15) is 120 Å². The van der Waals surface area contributed by atoms with Gasteiger partial charge in [0, 0.05) is 31.7 Å². The summed E-state index contributed by atoms with van der Waals surface area (Å²) in [5.74, 6) is 1.99. The Morgan fingerprint density at radius 1 is 1.00 bits per heavy atom. The van der Waals surface area contributed by atoms with Gasteiger partial charge in [0.2, 0.25) is 5.91 Å². The first-order valence-corrected chi connectivity index (χ1v) is 21.0. The Labute approximate surface area is 307 Å². The Morgan fingerprint density at radius 2 is 1.73 bits per heavy atom. The largest absolute Gasteiger partial charge is 0.390 e. The Hall–Kier alpha value is -0.810. The number of hydrogen-bond donors (Lipinski definition) is 2. The monoisotopic (exact) mass is 715 g/mol. The summed E-state index contributed by atoms with van der Waals surface area (Å²) in [6, 6.07) is -0.0378. The fraction of sp³-hybridized carbons (Fsp3) is 0.976. The van der Waals surface area contributed by atoms with Crippen LogP contribution in [0.15, 0.2) is 0 Å². The van der Waals surface area contributed by atoms with Crippen molar-refractivity contribution in [3.8, 4) is 0 Å². The maximum Gasteiger partial charge on any atom is 0.239 e. The van der Waals surface area contributed by atoms with Crippen LogP contribution in [0.25, 0.3) is 0 Å². The minimum atomic E-state index is -1.02. The topological polar surface area (TPSA) is 101 Å². The third kappa shape index (κ3) is 5.06. The molecule has 9 nitrogen and oxygen atoms in total. The van der Waals surface area contributed by atoms with Crippen molar-refractivity contribution < 1.29 is 34.0 Å². The SMILES string of the molecule is CCO[C@@H](C1C[C@@H](C)[C@H]2C(O1)[C@H](O)[C@@]1(C)C3CC[C@H]4C(C)(C)[C@@H](O[C@H]5CN(C6CCN(CC)C6=O)CCO5)CC[C@@]45C[C@@]35CC[C@]21C)C(C)(C)O. The predicted octanol–water partition coefficient (Wildman–Crippen LogP) is 5.64. The lowest BCUT2D eigenvalue weighted by molar-refractivity contribution is -0.250. The van der Waals surface area contributed by atoms with Crippen molar-refractivity contribution >= 4 is 5.91 Å². The number of morpholine rings is 1. The second-order valence-corrected chi connectivity index (χ2v) is 20.2. The van der Waals surface area contributed by atoms with Crippen molar-refractivity contribution in [2.75, 3.05) is 39.4 Å². The van der Waals surface area contributed by atoms with Crippen molar-refractivity contribution in [1.82, 2.24) is 9.80 Å². The molecule has 2 spiro atoms. The van der Waals surface area contributed by atoms with Crippen LogP contribution < -0.4 is 0 Å². The van der Waals surface area contributed by atoms with Crippen LogP contribution in [-0.4, -0.2) is 114 Å². The average Bonchev–Trinajstić information content (AvgIpc) is 3.53. The van der Waals surface area contributed by atoms with Gasteiger partial charge in [0.05, 0.1) is 49.2 Å². The van der Waals surface area contributed by atoms with Crippen LogP contribution in [0.4, 0.5) is 0 Å². The first-order valence-electron chi connectivity index (χ1n) is 21.0. The normalized spacial score (nSPS) is 51.3. The van der Waals surface area contributed by atoms with Gasteiger partial charge in [-0.05, 0) is 131 Å². The third-order valence-corrected chi connectivity index (χ3v) is 17.6. The van der Waals surface area contributed by atoms with E-state index in [9.17, 15) is 15.0 Å². The van der Waals surface area contributed by atoms with Crippen LogP contribution in [0.2, 0.25) is 0 Å². The molecular formula is C42H70N2O7. The first kappa shape index (κ1) is 37.1. The van der Waals surface area contributed by atoms with E-state index in [1.807, 2.05) is 25.7 Å². The lowest BCUT2D eigenvalue weighted by atomic mass is 9.41. The molecule has 15 atom stereocenters. The van der Waals surface area contributed by atoms with E-state index in [0.29, 0.717) is 48.8 Å². The van der Waals surface area contributed by atoms with Crippen molar-refractivity contribution in [3.05, 3.63) is 0 Å². The van der Waals surface area contributed by atoms with Crippen molar-refractivity contribution in [3.63, 3.8) is 0 Å². The molecule has 51 heavy (non-hydrogen) atoms. The van der Waals surface area contributed by atoms with Crippen molar-refractivity contribution in [1.29, 1.82) is 0 Å². The second kappa shape index (κ2) is 12.3. The molecule has 3 aliphatic heterocycles. The van der Waals surface area contributed by atoms with E-state index in [4.69, 9.17) is 18.9 Å². The van der Waals surface area contributed by atoms with Gasteiger partial charge in [-0.15, -0.1) is 0 Å². The lowest BCUT2D eigenvalue weighted by Crippen LogP contribution is -2.60. The Kier molecular flexibility index (Phi) is 8.99. The Bertz CT molecular complexity index is 1350. The third-order valence-electron chi connectivity index (χ3n) is 17.6. The molecular weight excluding hydrogens is 644 g/mol. The number of fused-ring (bicyclic) bond motifs is 4. The summed E-state index contributed by atoms with van der Waals surface area (Å²) in [4.78, 5) is 17.3. The van der Waals surface area contributed by atoms with Gasteiger partial charge < -0.3 is 34.1 Å². The van der Waals surface area contributed by atoms with Crippen LogP contribution in [0, 0.1) is 50.7 Å². The molecule has 0 bridgehead atoms. The smallest absolute Gasteiger partial charge is 0.239 e. The average molecular weight is 715 g/mol. The molecule has 0 radical (unpaired) electrons. The number of carbonyl (C=O) groups is 1. The fourth-order valence-electron chi connectivity index (χ4n) is 15.3. The number of likely N-dealkylation sites (tertiary alicyclic amines) is 1. The van der Waals surface area contributed by atoms with Crippen molar-refractivity contribution in [2.24, 2.45) is 50.7 Å². The highest BCUT2D eigenvalue weighted by atomic mass is 16.7. The highest BCUT2D eigenvalue weighted by molar-refractivity contribution is 5.84. The number of aliphatic hydroxyl groups excluding tert-OH is 1. The lowest BCUT2D eigenvalue weighted by Gasteiger charge is -2.64. The first-order chi connectivity index (χ1) is 24.0. The van der Waals surface area contributed by atoms with E-state index >= 15 is 0 Å². The number of ether oxygens (including phenoxy) is 4. The number of hydrogen-bond acceptors (Lipinski definition) is 8. The van der Waals surface area contributed by atoms with E-state index in [0.717, 1.165) is 51.7 Å². The second-order valence-electron chi connectivity index (χ2n) is 20.2. The van der Waals surface area contributed by atoms with Crippen LogP contribution >= 0.6 is 0 Å². The Morgan fingerprint density at radius 3 is 2.41 bits per heavy atom. The van der Waals surface area contributed by atoms with E-state index in [1.54, 1.807) is 0 Å². The molecule has 0 aromatic rings. The summed E-state index contributed by atoms with van der Waals surface area (Å²) in [5, 5.41) is 23.7. The van der Waals surface area contributed by atoms with Gasteiger partial charge in [-0.3, -0.25) is 9.69 Å². The summed E-state index contributed by atoms with van der Waals surface area (Å²) < 4.78 is 26.3. The molecule has 8 fully saturated rings. The van der Waals surface area contributed by atoms with Gasteiger partial charge in [-0.25, -0.2) is 0 Å². The molecule has 3 heterocycles. The van der Waals surface area contributed by atoms with Gasteiger partial charge in [-0.2, -0.15) is 0 Å². The maximum atomic E-state index is 13.0. The van der Waals surface area contributed by atoms with E-state index < -0.39 is 17.8 Å². The zero-order valence-corrected chi connectivity index (χ0v) is 33.3. The zero-order chi connectivity index (χ0) is 36.5. The highest BCUT2D eigenvalue weighted by Crippen LogP contribution is 2.89. The molecule has 1 amide bonds. The van der Waals surface area contributed by atoms with E-state index in [2.05, 4.69) is 46.4 Å². The number of rotatable bonds is 8. The minimum Gasteiger partial charge on any atom is -0.390 e. The molecule has 5 saturated carbocycles. The minimum absolute atomic E-state index is 0.00126. The molecule has 3 saturated heterocycles. The molecule has 4 unspecified atom stereocenters. The summed E-state index contributed by atoms with van der Waals surface area (Å²) in [7, 11) is 0. The van der Waals surface area contributed by atoms with Gasteiger partial charge in [0.1, 0.15) is 6.10 Å². The molecule has 8 aliphatic rings. The standard InChI is InChI=1S/C42H70N2O7/c1-10-43-19-15-26(36(43)46)44-20-21-49-31(23-44)51-30-14-16-41-24-42(41)18-17-39(8)32-25(3)22-27(35(48-11-2)38(6,7)47)50-33(32)34(45)40(39,9)29(42)13-12-28(41)37(30,4)5/h25-35,45,47H,10-24H2,1-9H3/t25-,26?,27?,28+,29?,30+,31+,32+,33?,34+,35+,39-,40-,41-,42+/m1/s1. The summed E-state index contributed by atoms with van der Waals surface area (Å²) in [6.45, 7) is 24.2. The van der Waals surface area contributed by atoms with Gasteiger partial charge in [0.25, 0.3) is 0 Å². The van der Waals surface area contributed by atoms with Gasteiger partial charge >= 0.3 is 0 Å². The molecule has 2 N–H and O–H groups in total. The maximum absolute atomic E-state index is 13.0. The van der Waals surface area contributed by atoms with E-state index in [1.165, 1.54) is 25.7 Å². The molecule has 290 valence electrons. The van der Waals surface area contributed by atoms with Crippen LogP contribution in [-0.2, 0) is 23.7 Å². The predicted molar refractivity (Wildman–Crippen MR) is 195 cm³/mol. The van der Waals surface area contributed by atoms with E-state index in [-0.39, 0.29) is 58.2 Å². The number of aliphatic hydroxyl groups is 2. The van der Waals surface area contributed by atoms with Crippen molar-refractivity contribution in [2.45, 2.75) is 169 Å². The fourth-order valence-corrected chi connectivity index (χ4v) is 15.3. The molecule has 5 aliphatic carbocycles.